The Morgan fingerprint density at radius 3 is 2.80 bits per heavy atom. The summed E-state index contributed by atoms with van der Waals surface area (Å²) in [7, 11) is -1.83. The van der Waals surface area contributed by atoms with Crippen LogP contribution in [0.15, 0.2) is 10.4 Å². The highest BCUT2D eigenvalue weighted by molar-refractivity contribution is 7.91. The zero-order valence-corrected chi connectivity index (χ0v) is 13.9. The molecule has 0 aromatic carbocycles. The van der Waals surface area contributed by atoms with Crippen LogP contribution < -0.4 is 5.73 Å². The number of rotatable bonds is 4. The molecule has 2 heterocycles. The number of piperidine rings is 1. The third-order valence-corrected chi connectivity index (χ3v) is 6.68. The van der Waals surface area contributed by atoms with Crippen LogP contribution in [0.25, 0.3) is 0 Å². The van der Waals surface area contributed by atoms with E-state index in [9.17, 15) is 8.42 Å². The Morgan fingerprint density at radius 1 is 1.60 bits per heavy atom. The van der Waals surface area contributed by atoms with Gasteiger partial charge in [-0.3, -0.25) is 0 Å². The molecule has 1 aliphatic heterocycles. The highest BCUT2D eigenvalue weighted by Crippen LogP contribution is 2.28. The quantitative estimate of drug-likeness (QED) is 0.883. The molecule has 0 aliphatic carbocycles. The Balaban J connectivity index is 0.00000200. The fourth-order valence-electron chi connectivity index (χ4n) is 2.31. The molecule has 1 aliphatic rings. The summed E-state index contributed by atoms with van der Waals surface area (Å²) in [5.41, 5.74) is 5.72. The van der Waals surface area contributed by atoms with E-state index in [2.05, 4.69) is 4.98 Å². The van der Waals surface area contributed by atoms with Crippen LogP contribution in [0.5, 0.6) is 0 Å². The van der Waals surface area contributed by atoms with Gasteiger partial charge in [-0.05, 0) is 19.8 Å². The molecule has 0 spiro atoms. The average molecular weight is 342 g/mol. The van der Waals surface area contributed by atoms with Gasteiger partial charge >= 0.3 is 0 Å². The molecular formula is C11H20ClN3O3S2. The monoisotopic (exact) mass is 341 g/mol. The van der Waals surface area contributed by atoms with E-state index in [0.29, 0.717) is 30.1 Å². The third-order valence-electron chi connectivity index (χ3n) is 3.38. The van der Waals surface area contributed by atoms with Crippen LogP contribution >= 0.6 is 23.7 Å². The number of methoxy groups -OCH3 is 1. The SMILES string of the molecule is COC1CCN(S(=O)(=O)c2cnc(C)s2)C(CN)C1.Cl. The van der Waals surface area contributed by atoms with Gasteiger partial charge in [0, 0.05) is 26.2 Å². The van der Waals surface area contributed by atoms with Gasteiger partial charge in [0.1, 0.15) is 0 Å². The maximum atomic E-state index is 12.6. The molecule has 1 aromatic rings. The lowest BCUT2D eigenvalue weighted by molar-refractivity contribution is 0.0402. The number of hydrogen-bond acceptors (Lipinski definition) is 6. The van der Waals surface area contributed by atoms with Gasteiger partial charge in [0.2, 0.25) is 0 Å². The Hall–Kier alpha value is -0.250. The van der Waals surface area contributed by atoms with Gasteiger partial charge in [0.25, 0.3) is 10.0 Å². The second-order valence-corrected chi connectivity index (χ2v) is 7.94. The Labute approximate surface area is 129 Å². The number of hydrogen-bond donors (Lipinski definition) is 1. The molecule has 1 aromatic heterocycles. The van der Waals surface area contributed by atoms with E-state index in [1.165, 1.54) is 21.8 Å². The molecule has 2 rings (SSSR count). The third kappa shape index (κ3) is 3.49. The van der Waals surface area contributed by atoms with Crippen molar-refractivity contribution in [3.8, 4) is 0 Å². The van der Waals surface area contributed by atoms with E-state index in [1.54, 1.807) is 14.0 Å². The van der Waals surface area contributed by atoms with Crippen molar-refractivity contribution in [2.24, 2.45) is 5.73 Å². The molecule has 0 amide bonds. The van der Waals surface area contributed by atoms with Crippen molar-refractivity contribution in [2.45, 2.75) is 36.1 Å². The first-order valence-electron chi connectivity index (χ1n) is 6.16. The summed E-state index contributed by atoms with van der Waals surface area (Å²) in [6.07, 6.45) is 2.85. The van der Waals surface area contributed by atoms with Gasteiger partial charge in [-0.25, -0.2) is 13.4 Å². The molecule has 0 radical (unpaired) electrons. The highest BCUT2D eigenvalue weighted by atomic mass is 35.5. The zero-order valence-electron chi connectivity index (χ0n) is 11.5. The molecule has 20 heavy (non-hydrogen) atoms. The summed E-state index contributed by atoms with van der Waals surface area (Å²) in [5.74, 6) is 0. The van der Waals surface area contributed by atoms with Crippen LogP contribution in [0.3, 0.4) is 0 Å². The number of nitrogens with zero attached hydrogens (tertiary/aromatic N) is 2. The minimum absolute atomic E-state index is 0. The average Bonchev–Trinajstić information content (AvgIpc) is 2.85. The molecule has 2 atom stereocenters. The van der Waals surface area contributed by atoms with Gasteiger partial charge in [-0.1, -0.05) is 0 Å². The minimum Gasteiger partial charge on any atom is -0.381 e. The fourth-order valence-corrected chi connectivity index (χ4v) is 5.21. The molecule has 0 saturated carbocycles. The maximum absolute atomic E-state index is 12.6. The standard InChI is InChI=1S/C11H19N3O3S2.ClH/c1-8-13-7-11(18-8)19(15,16)14-4-3-10(17-2)5-9(14)6-12;/h7,9-10H,3-6,12H2,1-2H3;1H. The Morgan fingerprint density at radius 2 is 2.30 bits per heavy atom. The van der Waals surface area contributed by atoms with Crippen molar-refractivity contribution in [3.05, 3.63) is 11.2 Å². The summed E-state index contributed by atoms with van der Waals surface area (Å²) in [5, 5.41) is 0.745. The molecule has 6 nitrogen and oxygen atoms in total. The normalized spacial score (nSPS) is 24.4. The van der Waals surface area contributed by atoms with Crippen LogP contribution in [0, 0.1) is 6.92 Å². The first-order valence-corrected chi connectivity index (χ1v) is 8.41. The first-order chi connectivity index (χ1) is 8.98. The Bertz CT molecular complexity index is 535. The molecule has 2 N–H and O–H groups in total. The smallest absolute Gasteiger partial charge is 0.254 e. The van der Waals surface area contributed by atoms with Crippen molar-refractivity contribution < 1.29 is 13.2 Å². The van der Waals surface area contributed by atoms with E-state index in [0.717, 1.165) is 5.01 Å². The van der Waals surface area contributed by atoms with Crippen molar-refractivity contribution in [2.75, 3.05) is 20.2 Å². The molecule has 2 unspecified atom stereocenters. The number of ether oxygens (including phenoxy) is 1. The number of sulfonamides is 1. The summed E-state index contributed by atoms with van der Waals surface area (Å²) in [6.45, 7) is 2.54. The summed E-state index contributed by atoms with van der Waals surface area (Å²) >= 11 is 1.19. The van der Waals surface area contributed by atoms with Crippen molar-refractivity contribution in [3.63, 3.8) is 0 Å². The molecule has 1 fully saturated rings. The molecule has 116 valence electrons. The predicted octanol–water partition coefficient (Wildman–Crippen LogP) is 1.00. The lowest BCUT2D eigenvalue weighted by Crippen LogP contribution is -2.50. The summed E-state index contributed by atoms with van der Waals surface area (Å²) in [4.78, 5) is 4.02. The van der Waals surface area contributed by atoms with Crippen LogP contribution in [0.2, 0.25) is 0 Å². The van der Waals surface area contributed by atoms with Gasteiger partial charge in [0.05, 0.1) is 17.3 Å². The minimum atomic E-state index is -3.48. The summed E-state index contributed by atoms with van der Waals surface area (Å²) < 4.78 is 32.2. The van der Waals surface area contributed by atoms with Gasteiger partial charge in [0.15, 0.2) is 4.21 Å². The maximum Gasteiger partial charge on any atom is 0.254 e. The van der Waals surface area contributed by atoms with Crippen molar-refractivity contribution in [1.29, 1.82) is 0 Å². The number of halogens is 1. The zero-order chi connectivity index (χ0) is 14.0. The van der Waals surface area contributed by atoms with Crippen molar-refractivity contribution >= 4 is 33.8 Å². The lowest BCUT2D eigenvalue weighted by Gasteiger charge is -2.36. The van der Waals surface area contributed by atoms with Gasteiger partial charge < -0.3 is 10.5 Å². The Kier molecular flexibility index (Phi) is 6.36. The summed E-state index contributed by atoms with van der Waals surface area (Å²) in [6, 6.07) is -0.203. The largest absolute Gasteiger partial charge is 0.381 e. The first kappa shape index (κ1) is 17.8. The fraction of sp³-hybridized carbons (Fsp3) is 0.727. The highest BCUT2D eigenvalue weighted by Gasteiger charge is 2.37. The van der Waals surface area contributed by atoms with Gasteiger partial charge in [-0.15, -0.1) is 23.7 Å². The predicted molar refractivity (Wildman–Crippen MR) is 80.9 cm³/mol. The molecule has 1 saturated heterocycles. The topological polar surface area (TPSA) is 85.5 Å². The molecule has 0 bridgehead atoms. The van der Waals surface area contributed by atoms with E-state index >= 15 is 0 Å². The van der Waals surface area contributed by atoms with E-state index in [4.69, 9.17) is 10.5 Å². The van der Waals surface area contributed by atoms with Crippen molar-refractivity contribution in [1.82, 2.24) is 9.29 Å². The molecular weight excluding hydrogens is 322 g/mol. The second-order valence-electron chi connectivity index (χ2n) is 4.59. The lowest BCUT2D eigenvalue weighted by atomic mass is 10.0. The van der Waals surface area contributed by atoms with Crippen LogP contribution in [0.1, 0.15) is 17.8 Å². The van der Waals surface area contributed by atoms with E-state index < -0.39 is 10.0 Å². The van der Waals surface area contributed by atoms with E-state index in [-0.39, 0.29) is 24.6 Å². The second kappa shape index (κ2) is 7.15. The van der Waals surface area contributed by atoms with Crippen LogP contribution in [0.4, 0.5) is 0 Å². The number of thiazole rings is 1. The molecule has 9 heteroatoms. The van der Waals surface area contributed by atoms with E-state index in [1.807, 2.05) is 0 Å². The van der Waals surface area contributed by atoms with Gasteiger partial charge in [-0.2, -0.15) is 4.31 Å². The van der Waals surface area contributed by atoms with Crippen LogP contribution in [-0.4, -0.2) is 50.1 Å². The number of aromatic nitrogens is 1. The number of aryl methyl sites for hydroxylation is 1. The number of nitrogens with two attached hydrogens (primary N) is 1. The van der Waals surface area contributed by atoms with Crippen LogP contribution in [-0.2, 0) is 14.8 Å².